The monoisotopic (exact) mass is 416 g/mol. The van der Waals surface area contributed by atoms with Gasteiger partial charge in [0.2, 0.25) is 0 Å². The highest BCUT2D eigenvalue weighted by Gasteiger charge is 2.21. The van der Waals surface area contributed by atoms with Gasteiger partial charge in [0.25, 0.3) is 11.8 Å². The fraction of sp³-hybridized carbons (Fsp3) is 0.231. The lowest BCUT2D eigenvalue weighted by Gasteiger charge is -2.20. The molecule has 0 saturated carbocycles. The summed E-state index contributed by atoms with van der Waals surface area (Å²) >= 11 is 0. The highest BCUT2D eigenvalue weighted by atomic mass is 16.5. The molecule has 0 aliphatic carbocycles. The Kier molecular flexibility index (Phi) is 7.44. The zero-order chi connectivity index (χ0) is 22.2. The average Bonchev–Trinajstić information content (AvgIpc) is 2.78. The third kappa shape index (κ3) is 5.95. The topological polar surface area (TPSA) is 67.4 Å². The van der Waals surface area contributed by atoms with E-state index in [9.17, 15) is 9.59 Å². The minimum atomic E-state index is -0.665. The molecule has 3 aromatic rings. The standard InChI is InChI=1S/C26H28N2O3/c1-4-23(31-24-15-14-18(2)16-19(24)3)26(30)28-22-13-9-8-12-21(22)25(29)27-17-20-10-6-5-7-11-20/h5-16,23H,4,17H2,1-3H3,(H,27,29)(H,28,30)/t23-/m1/s1. The first-order valence-corrected chi connectivity index (χ1v) is 10.4. The number of hydrogen-bond donors (Lipinski definition) is 2. The average molecular weight is 417 g/mol. The van der Waals surface area contributed by atoms with Gasteiger partial charge in [0.15, 0.2) is 6.10 Å². The summed E-state index contributed by atoms with van der Waals surface area (Å²) < 4.78 is 5.98. The summed E-state index contributed by atoms with van der Waals surface area (Å²) in [4.78, 5) is 25.6. The van der Waals surface area contributed by atoms with Crippen molar-refractivity contribution in [2.24, 2.45) is 0 Å². The maximum Gasteiger partial charge on any atom is 0.265 e. The Bertz CT molecular complexity index is 1050. The van der Waals surface area contributed by atoms with Crippen molar-refractivity contribution in [3.8, 4) is 5.75 Å². The van der Waals surface area contributed by atoms with Crippen molar-refractivity contribution in [2.75, 3.05) is 5.32 Å². The maximum absolute atomic E-state index is 12.9. The number of amides is 2. The number of ether oxygens (including phenoxy) is 1. The van der Waals surface area contributed by atoms with Gasteiger partial charge in [0.05, 0.1) is 11.3 Å². The molecule has 0 bridgehead atoms. The van der Waals surface area contributed by atoms with Gasteiger partial charge in [-0.3, -0.25) is 9.59 Å². The van der Waals surface area contributed by atoms with Gasteiger partial charge in [0, 0.05) is 6.54 Å². The maximum atomic E-state index is 12.9. The summed E-state index contributed by atoms with van der Waals surface area (Å²) in [5, 5.41) is 5.77. The Balaban J connectivity index is 1.69. The number of hydrogen-bond acceptors (Lipinski definition) is 3. The van der Waals surface area contributed by atoms with E-state index in [0.29, 0.717) is 30.0 Å². The fourth-order valence-corrected chi connectivity index (χ4v) is 3.28. The van der Waals surface area contributed by atoms with Crippen LogP contribution in [0, 0.1) is 13.8 Å². The second-order valence-electron chi connectivity index (χ2n) is 7.49. The van der Waals surface area contributed by atoms with Gasteiger partial charge < -0.3 is 15.4 Å². The lowest BCUT2D eigenvalue weighted by atomic mass is 10.1. The van der Waals surface area contributed by atoms with Gasteiger partial charge >= 0.3 is 0 Å². The van der Waals surface area contributed by atoms with Crippen LogP contribution in [0.4, 0.5) is 5.69 Å². The Morgan fingerprint density at radius 3 is 2.35 bits per heavy atom. The van der Waals surface area contributed by atoms with Crippen molar-refractivity contribution in [3.63, 3.8) is 0 Å². The van der Waals surface area contributed by atoms with Gasteiger partial charge in [-0.1, -0.05) is 67.1 Å². The smallest absolute Gasteiger partial charge is 0.265 e. The van der Waals surface area contributed by atoms with Gasteiger partial charge in [-0.2, -0.15) is 0 Å². The van der Waals surface area contributed by atoms with E-state index in [0.717, 1.165) is 16.7 Å². The van der Waals surface area contributed by atoms with Crippen molar-refractivity contribution in [1.82, 2.24) is 5.32 Å². The number of aryl methyl sites for hydroxylation is 2. The van der Waals surface area contributed by atoms with Crippen LogP contribution in [-0.2, 0) is 11.3 Å². The molecule has 0 fully saturated rings. The van der Waals surface area contributed by atoms with Gasteiger partial charge in [-0.25, -0.2) is 0 Å². The number of rotatable bonds is 8. The molecule has 3 aromatic carbocycles. The number of nitrogens with one attached hydrogen (secondary N) is 2. The molecule has 160 valence electrons. The summed E-state index contributed by atoms with van der Waals surface area (Å²) in [6.45, 7) is 6.28. The van der Waals surface area contributed by atoms with E-state index in [1.807, 2.05) is 69.3 Å². The van der Waals surface area contributed by atoms with Crippen LogP contribution in [0.15, 0.2) is 72.8 Å². The number of carbonyl (C=O) groups is 2. The molecule has 0 aromatic heterocycles. The largest absolute Gasteiger partial charge is 0.480 e. The van der Waals surface area contributed by atoms with E-state index < -0.39 is 6.10 Å². The SMILES string of the molecule is CC[C@@H](Oc1ccc(C)cc1C)C(=O)Nc1ccccc1C(=O)NCc1ccccc1. The third-order valence-corrected chi connectivity index (χ3v) is 4.99. The van der Waals surface area contributed by atoms with E-state index >= 15 is 0 Å². The molecule has 0 radical (unpaired) electrons. The minimum Gasteiger partial charge on any atom is -0.480 e. The lowest BCUT2D eigenvalue weighted by Crippen LogP contribution is -2.33. The van der Waals surface area contributed by atoms with Crippen LogP contribution in [0.3, 0.4) is 0 Å². The second-order valence-corrected chi connectivity index (χ2v) is 7.49. The van der Waals surface area contributed by atoms with Gasteiger partial charge in [-0.05, 0) is 49.6 Å². The highest BCUT2D eigenvalue weighted by Crippen LogP contribution is 2.22. The van der Waals surface area contributed by atoms with Crippen molar-refractivity contribution >= 4 is 17.5 Å². The summed E-state index contributed by atoms with van der Waals surface area (Å²) in [6.07, 6.45) is -0.163. The third-order valence-electron chi connectivity index (χ3n) is 4.99. The normalized spacial score (nSPS) is 11.5. The predicted octanol–water partition coefficient (Wildman–Crippen LogP) is 5.03. The fourth-order valence-electron chi connectivity index (χ4n) is 3.28. The molecule has 2 amide bonds. The molecule has 5 heteroatoms. The molecular weight excluding hydrogens is 388 g/mol. The first kappa shape index (κ1) is 22.1. The quantitative estimate of drug-likeness (QED) is 0.541. The van der Waals surface area contributed by atoms with E-state index in [2.05, 4.69) is 10.6 Å². The summed E-state index contributed by atoms with van der Waals surface area (Å²) in [6, 6.07) is 22.5. The number of benzene rings is 3. The van der Waals surface area contributed by atoms with E-state index in [4.69, 9.17) is 4.74 Å². The van der Waals surface area contributed by atoms with Crippen molar-refractivity contribution in [1.29, 1.82) is 0 Å². The van der Waals surface area contributed by atoms with Crippen molar-refractivity contribution in [3.05, 3.63) is 95.1 Å². The minimum absolute atomic E-state index is 0.247. The zero-order valence-electron chi connectivity index (χ0n) is 18.1. The Labute approximate surface area is 183 Å². The Morgan fingerprint density at radius 1 is 0.935 bits per heavy atom. The molecule has 0 spiro atoms. The molecule has 0 aliphatic rings. The van der Waals surface area contributed by atoms with Crippen LogP contribution < -0.4 is 15.4 Å². The second kappa shape index (κ2) is 10.4. The molecule has 5 nitrogen and oxygen atoms in total. The predicted molar refractivity (Wildman–Crippen MR) is 123 cm³/mol. The van der Waals surface area contributed by atoms with E-state index in [1.165, 1.54) is 0 Å². The molecule has 0 heterocycles. The highest BCUT2D eigenvalue weighted by molar-refractivity contribution is 6.04. The van der Waals surface area contributed by atoms with Crippen LogP contribution in [0.2, 0.25) is 0 Å². The summed E-state index contributed by atoms with van der Waals surface area (Å²) in [5.41, 5.74) is 3.99. The van der Waals surface area contributed by atoms with Gasteiger partial charge in [-0.15, -0.1) is 0 Å². The molecule has 0 saturated heterocycles. The molecule has 31 heavy (non-hydrogen) atoms. The van der Waals surface area contributed by atoms with Gasteiger partial charge in [0.1, 0.15) is 5.75 Å². The Morgan fingerprint density at radius 2 is 1.65 bits per heavy atom. The molecule has 2 N–H and O–H groups in total. The molecule has 3 rings (SSSR count). The van der Waals surface area contributed by atoms with Crippen LogP contribution in [-0.4, -0.2) is 17.9 Å². The molecule has 0 aliphatic heterocycles. The van der Waals surface area contributed by atoms with Crippen LogP contribution in [0.5, 0.6) is 5.75 Å². The molecular formula is C26H28N2O3. The number of carbonyl (C=O) groups excluding carboxylic acids is 2. The first-order chi connectivity index (χ1) is 15.0. The van der Waals surface area contributed by atoms with E-state index in [-0.39, 0.29) is 11.8 Å². The summed E-state index contributed by atoms with van der Waals surface area (Å²) in [5.74, 6) is 0.148. The molecule has 0 unspecified atom stereocenters. The zero-order valence-corrected chi connectivity index (χ0v) is 18.1. The van der Waals surface area contributed by atoms with Crippen molar-refractivity contribution in [2.45, 2.75) is 39.8 Å². The number of anilines is 1. The Hall–Kier alpha value is -3.60. The van der Waals surface area contributed by atoms with Crippen LogP contribution >= 0.6 is 0 Å². The van der Waals surface area contributed by atoms with Crippen LogP contribution in [0.1, 0.15) is 40.4 Å². The lowest BCUT2D eigenvalue weighted by molar-refractivity contribution is -0.122. The van der Waals surface area contributed by atoms with E-state index in [1.54, 1.807) is 24.3 Å². The molecule has 1 atom stereocenters. The van der Waals surface area contributed by atoms with Crippen molar-refractivity contribution < 1.29 is 14.3 Å². The first-order valence-electron chi connectivity index (χ1n) is 10.4. The number of para-hydroxylation sites is 1. The van der Waals surface area contributed by atoms with Crippen LogP contribution in [0.25, 0.3) is 0 Å². The summed E-state index contributed by atoms with van der Waals surface area (Å²) in [7, 11) is 0.